The first-order chi connectivity index (χ1) is 13.7. The van der Waals surface area contributed by atoms with Gasteiger partial charge in [0.15, 0.2) is 5.96 Å². The molecule has 2 fully saturated rings. The van der Waals surface area contributed by atoms with Crippen LogP contribution < -0.4 is 15.5 Å². The highest BCUT2D eigenvalue weighted by atomic mass is 16.3. The molecule has 7 nitrogen and oxygen atoms in total. The van der Waals surface area contributed by atoms with Crippen molar-refractivity contribution in [1.82, 2.24) is 15.5 Å². The van der Waals surface area contributed by atoms with Crippen molar-refractivity contribution in [3.63, 3.8) is 0 Å². The lowest BCUT2D eigenvalue weighted by Gasteiger charge is -2.37. The Morgan fingerprint density at radius 1 is 1.07 bits per heavy atom. The van der Waals surface area contributed by atoms with Crippen molar-refractivity contribution in [2.45, 2.75) is 32.1 Å². The highest BCUT2D eigenvalue weighted by molar-refractivity contribution is 5.81. The number of nitrogens with one attached hydrogen (secondary N) is 2. The summed E-state index contributed by atoms with van der Waals surface area (Å²) in [6.45, 7) is 4.62. The van der Waals surface area contributed by atoms with E-state index in [1.807, 2.05) is 18.2 Å². The summed E-state index contributed by atoms with van der Waals surface area (Å²) >= 11 is 0. The number of benzene rings is 1. The molecule has 1 aliphatic heterocycles. The molecule has 1 aromatic rings. The molecule has 0 atom stereocenters. The van der Waals surface area contributed by atoms with Crippen LogP contribution in [-0.2, 0) is 4.79 Å². The van der Waals surface area contributed by atoms with Crippen LogP contribution in [0, 0.1) is 5.92 Å². The SMILES string of the molecule is CN=C(NCCNC(=O)C1CCCCC1)N1CCN(c2ccccc2O)CC1. The zero-order chi connectivity index (χ0) is 19.8. The van der Waals surface area contributed by atoms with Gasteiger partial charge in [0.2, 0.25) is 5.91 Å². The van der Waals surface area contributed by atoms with E-state index in [4.69, 9.17) is 0 Å². The third-order valence-corrected chi connectivity index (χ3v) is 5.70. The van der Waals surface area contributed by atoms with E-state index < -0.39 is 0 Å². The molecule has 0 radical (unpaired) electrons. The van der Waals surface area contributed by atoms with Gasteiger partial charge in [-0.2, -0.15) is 0 Å². The number of rotatable bonds is 5. The second kappa shape index (κ2) is 10.2. The van der Waals surface area contributed by atoms with Crippen LogP contribution in [-0.4, -0.2) is 68.2 Å². The molecule has 0 aromatic heterocycles. The summed E-state index contributed by atoms with van der Waals surface area (Å²) in [5, 5.41) is 16.5. The molecule has 1 aromatic carbocycles. The quantitative estimate of drug-likeness (QED) is 0.408. The summed E-state index contributed by atoms with van der Waals surface area (Å²) < 4.78 is 0. The molecule has 7 heteroatoms. The number of guanidine groups is 1. The van der Waals surface area contributed by atoms with Gasteiger partial charge in [0.1, 0.15) is 5.75 Å². The van der Waals surface area contributed by atoms with Gasteiger partial charge in [-0.15, -0.1) is 0 Å². The fraction of sp³-hybridized carbons (Fsp3) is 0.619. The number of anilines is 1. The molecule has 0 unspecified atom stereocenters. The number of aromatic hydroxyl groups is 1. The van der Waals surface area contributed by atoms with Crippen LogP contribution in [0.2, 0.25) is 0 Å². The summed E-state index contributed by atoms with van der Waals surface area (Å²) in [6, 6.07) is 7.47. The first kappa shape index (κ1) is 20.3. The average Bonchev–Trinajstić information content (AvgIpc) is 2.75. The molecule has 1 aliphatic carbocycles. The highest BCUT2D eigenvalue weighted by Gasteiger charge is 2.22. The average molecular weight is 388 g/mol. The van der Waals surface area contributed by atoms with E-state index in [9.17, 15) is 9.90 Å². The van der Waals surface area contributed by atoms with Crippen LogP contribution >= 0.6 is 0 Å². The number of aliphatic imine (C=N–C) groups is 1. The minimum Gasteiger partial charge on any atom is -0.506 e. The number of hydrogen-bond donors (Lipinski definition) is 3. The second-order valence-electron chi connectivity index (χ2n) is 7.56. The van der Waals surface area contributed by atoms with E-state index in [1.54, 1.807) is 13.1 Å². The largest absolute Gasteiger partial charge is 0.506 e. The molecule has 1 saturated heterocycles. The molecule has 154 valence electrons. The lowest BCUT2D eigenvalue weighted by atomic mass is 9.89. The van der Waals surface area contributed by atoms with Gasteiger partial charge in [-0.05, 0) is 25.0 Å². The third kappa shape index (κ3) is 5.30. The number of amides is 1. The van der Waals surface area contributed by atoms with Crippen molar-refractivity contribution in [3.05, 3.63) is 24.3 Å². The Balaban J connectivity index is 1.39. The van der Waals surface area contributed by atoms with Gasteiger partial charge in [0.05, 0.1) is 5.69 Å². The summed E-state index contributed by atoms with van der Waals surface area (Å²) in [5.74, 6) is 1.60. The molecule has 1 heterocycles. The minimum atomic E-state index is 0.202. The van der Waals surface area contributed by atoms with Gasteiger partial charge >= 0.3 is 0 Å². The van der Waals surface area contributed by atoms with Crippen molar-refractivity contribution >= 4 is 17.6 Å². The number of nitrogens with zero attached hydrogens (tertiary/aromatic N) is 3. The zero-order valence-electron chi connectivity index (χ0n) is 16.9. The van der Waals surface area contributed by atoms with E-state index >= 15 is 0 Å². The Labute approximate surface area is 167 Å². The second-order valence-corrected chi connectivity index (χ2v) is 7.56. The summed E-state index contributed by atoms with van der Waals surface area (Å²) in [5.41, 5.74) is 0.885. The molecule has 1 amide bonds. The van der Waals surface area contributed by atoms with Gasteiger partial charge in [0.25, 0.3) is 0 Å². The zero-order valence-corrected chi connectivity index (χ0v) is 16.9. The van der Waals surface area contributed by atoms with Gasteiger partial charge < -0.3 is 25.5 Å². The molecule has 0 spiro atoms. The van der Waals surface area contributed by atoms with Gasteiger partial charge in [-0.3, -0.25) is 9.79 Å². The first-order valence-electron chi connectivity index (χ1n) is 10.5. The lowest BCUT2D eigenvalue weighted by Crippen LogP contribution is -2.53. The lowest BCUT2D eigenvalue weighted by molar-refractivity contribution is -0.125. The molecule has 3 rings (SSSR count). The maximum Gasteiger partial charge on any atom is 0.223 e. The molecule has 3 N–H and O–H groups in total. The van der Waals surface area contributed by atoms with E-state index in [2.05, 4.69) is 25.4 Å². The molecular formula is C21H33N5O2. The van der Waals surface area contributed by atoms with Crippen molar-refractivity contribution in [1.29, 1.82) is 0 Å². The number of phenolic OH excluding ortho intramolecular Hbond substituents is 1. The number of carbonyl (C=O) groups excluding carboxylic acids is 1. The summed E-state index contributed by atoms with van der Waals surface area (Å²) in [6.07, 6.45) is 5.68. The van der Waals surface area contributed by atoms with Crippen molar-refractivity contribution in [2.24, 2.45) is 10.9 Å². The van der Waals surface area contributed by atoms with Crippen LogP contribution in [0.1, 0.15) is 32.1 Å². The van der Waals surface area contributed by atoms with Crippen LogP contribution in [0.3, 0.4) is 0 Å². The number of para-hydroxylation sites is 2. The first-order valence-corrected chi connectivity index (χ1v) is 10.5. The van der Waals surface area contributed by atoms with Crippen molar-refractivity contribution in [2.75, 3.05) is 51.2 Å². The Morgan fingerprint density at radius 3 is 2.43 bits per heavy atom. The van der Waals surface area contributed by atoms with Gasteiger partial charge in [-0.1, -0.05) is 31.4 Å². The van der Waals surface area contributed by atoms with E-state index in [0.717, 1.165) is 50.7 Å². The highest BCUT2D eigenvalue weighted by Crippen LogP contribution is 2.27. The molecule has 0 bridgehead atoms. The Bertz CT molecular complexity index is 665. The predicted molar refractivity (Wildman–Crippen MR) is 113 cm³/mol. The van der Waals surface area contributed by atoms with Crippen LogP contribution in [0.5, 0.6) is 5.75 Å². The topological polar surface area (TPSA) is 80.2 Å². The van der Waals surface area contributed by atoms with E-state index in [1.165, 1.54) is 19.3 Å². The van der Waals surface area contributed by atoms with Crippen LogP contribution in [0.4, 0.5) is 5.69 Å². The van der Waals surface area contributed by atoms with Gasteiger partial charge in [0, 0.05) is 52.2 Å². The molecule has 28 heavy (non-hydrogen) atoms. The van der Waals surface area contributed by atoms with Crippen molar-refractivity contribution in [3.8, 4) is 5.75 Å². The smallest absolute Gasteiger partial charge is 0.223 e. The van der Waals surface area contributed by atoms with Gasteiger partial charge in [-0.25, -0.2) is 0 Å². The minimum absolute atomic E-state index is 0.202. The normalized spacial score (nSPS) is 18.8. The van der Waals surface area contributed by atoms with E-state index in [-0.39, 0.29) is 11.8 Å². The Kier molecular flexibility index (Phi) is 7.39. The summed E-state index contributed by atoms with van der Waals surface area (Å²) in [4.78, 5) is 21.0. The monoisotopic (exact) mass is 387 g/mol. The number of piperazine rings is 1. The maximum absolute atomic E-state index is 12.2. The molecule has 2 aliphatic rings. The van der Waals surface area contributed by atoms with Crippen LogP contribution in [0.25, 0.3) is 0 Å². The fourth-order valence-electron chi connectivity index (χ4n) is 4.09. The van der Waals surface area contributed by atoms with E-state index in [0.29, 0.717) is 18.8 Å². The molecule has 1 saturated carbocycles. The molecular weight excluding hydrogens is 354 g/mol. The van der Waals surface area contributed by atoms with Crippen molar-refractivity contribution < 1.29 is 9.90 Å². The standard InChI is InChI=1S/C21H33N5O2/c1-22-21(24-12-11-23-20(28)17-7-3-2-4-8-17)26-15-13-25(14-16-26)18-9-5-6-10-19(18)27/h5-6,9-10,17,27H,2-4,7-8,11-16H2,1H3,(H,22,24)(H,23,28). The Morgan fingerprint density at radius 2 is 1.75 bits per heavy atom. The maximum atomic E-state index is 12.2. The van der Waals surface area contributed by atoms with Crippen LogP contribution in [0.15, 0.2) is 29.3 Å². The third-order valence-electron chi connectivity index (χ3n) is 5.70. The number of phenols is 1. The Hall–Kier alpha value is -2.44. The number of carbonyl (C=O) groups is 1. The summed E-state index contributed by atoms with van der Waals surface area (Å²) in [7, 11) is 1.79. The predicted octanol–water partition coefficient (Wildman–Crippen LogP) is 1.79. The fourth-order valence-corrected chi connectivity index (χ4v) is 4.09. The number of hydrogen-bond acceptors (Lipinski definition) is 4.